The summed E-state index contributed by atoms with van der Waals surface area (Å²) in [4.78, 5) is 21.0. The van der Waals surface area contributed by atoms with Crippen LogP contribution in [0.1, 0.15) is 30.1 Å². The van der Waals surface area contributed by atoms with Crippen molar-refractivity contribution in [2.24, 2.45) is 0 Å². The van der Waals surface area contributed by atoms with E-state index in [1.54, 1.807) is 6.92 Å². The fourth-order valence-corrected chi connectivity index (χ4v) is 1.60. The van der Waals surface area contributed by atoms with Crippen LogP contribution in [0.2, 0.25) is 0 Å². The highest BCUT2D eigenvalue weighted by atomic mass is 16.6. The summed E-state index contributed by atoms with van der Waals surface area (Å²) in [5, 5.41) is 31.6. The van der Waals surface area contributed by atoms with Gasteiger partial charge in [-0.3, -0.25) is 10.1 Å². The van der Waals surface area contributed by atoms with E-state index < -0.39 is 17.0 Å². The molecule has 1 unspecified atom stereocenters. The van der Waals surface area contributed by atoms with Crippen LogP contribution in [-0.4, -0.2) is 33.8 Å². The molecule has 0 saturated carbocycles. The van der Waals surface area contributed by atoms with Gasteiger partial charge < -0.3 is 15.5 Å². The van der Waals surface area contributed by atoms with Crippen molar-refractivity contribution in [1.82, 2.24) is 0 Å². The van der Waals surface area contributed by atoms with Gasteiger partial charge in [-0.05, 0) is 25.8 Å². The molecule has 0 aliphatic rings. The van der Waals surface area contributed by atoms with Crippen molar-refractivity contribution in [1.29, 1.82) is 0 Å². The summed E-state index contributed by atoms with van der Waals surface area (Å²) in [6, 6.07) is 3.66. The molecular formula is C12H16N2O5. The molecule has 0 spiro atoms. The maximum atomic E-state index is 11.0. The second-order valence-electron chi connectivity index (χ2n) is 4.21. The number of anilines is 1. The van der Waals surface area contributed by atoms with Crippen LogP contribution in [0.25, 0.3) is 0 Å². The number of carbonyl (C=O) groups is 1. The van der Waals surface area contributed by atoms with Gasteiger partial charge in [0, 0.05) is 24.4 Å². The maximum absolute atomic E-state index is 11.0. The number of rotatable bonds is 7. The number of non-ortho nitro benzene ring substituents is 1. The summed E-state index contributed by atoms with van der Waals surface area (Å²) in [6.07, 6.45) is 0.869. The third-order valence-corrected chi connectivity index (χ3v) is 2.56. The molecule has 0 fully saturated rings. The van der Waals surface area contributed by atoms with Crippen LogP contribution in [0.4, 0.5) is 11.4 Å². The van der Waals surface area contributed by atoms with Gasteiger partial charge in [-0.2, -0.15) is 0 Å². The Morgan fingerprint density at radius 2 is 2.21 bits per heavy atom. The van der Waals surface area contributed by atoms with Crippen molar-refractivity contribution >= 4 is 17.3 Å². The number of aliphatic hydroxyl groups excluding tert-OH is 1. The minimum atomic E-state index is -1.22. The number of benzene rings is 1. The summed E-state index contributed by atoms with van der Waals surface area (Å²) in [5.74, 6) is -1.22. The van der Waals surface area contributed by atoms with Gasteiger partial charge >= 0.3 is 5.97 Å². The zero-order chi connectivity index (χ0) is 14.4. The zero-order valence-electron chi connectivity index (χ0n) is 10.5. The van der Waals surface area contributed by atoms with Gasteiger partial charge in [0.1, 0.15) is 0 Å². The Morgan fingerprint density at radius 1 is 1.53 bits per heavy atom. The Labute approximate surface area is 110 Å². The first-order valence-electron chi connectivity index (χ1n) is 5.85. The second kappa shape index (κ2) is 6.69. The molecule has 7 heteroatoms. The Balaban J connectivity index is 2.77. The number of aromatic carboxylic acids is 1. The van der Waals surface area contributed by atoms with Crippen LogP contribution >= 0.6 is 0 Å². The van der Waals surface area contributed by atoms with Gasteiger partial charge in [0.2, 0.25) is 0 Å². The average molecular weight is 268 g/mol. The lowest BCUT2D eigenvalue weighted by Gasteiger charge is -2.10. The van der Waals surface area contributed by atoms with E-state index in [1.165, 1.54) is 12.1 Å². The van der Waals surface area contributed by atoms with Crippen LogP contribution in [0.3, 0.4) is 0 Å². The van der Waals surface area contributed by atoms with Gasteiger partial charge in [-0.1, -0.05) is 0 Å². The number of carboxylic acids is 1. The predicted octanol–water partition coefficient (Wildman–Crippen LogP) is 1.87. The molecule has 0 aliphatic carbocycles. The summed E-state index contributed by atoms with van der Waals surface area (Å²) in [7, 11) is 0. The summed E-state index contributed by atoms with van der Waals surface area (Å²) in [6.45, 7) is 2.16. The molecule has 3 N–H and O–H groups in total. The molecule has 0 saturated heterocycles. The smallest absolute Gasteiger partial charge is 0.338 e. The van der Waals surface area contributed by atoms with E-state index in [2.05, 4.69) is 5.32 Å². The molecule has 0 aliphatic heterocycles. The van der Waals surface area contributed by atoms with Crippen LogP contribution in [0.15, 0.2) is 18.2 Å². The number of aliphatic hydroxyl groups is 1. The van der Waals surface area contributed by atoms with Crippen molar-refractivity contribution in [3.8, 4) is 0 Å². The summed E-state index contributed by atoms with van der Waals surface area (Å²) in [5.41, 5.74) is -0.0538. The van der Waals surface area contributed by atoms with E-state index in [0.717, 1.165) is 6.07 Å². The molecule has 1 aromatic rings. The van der Waals surface area contributed by atoms with E-state index in [-0.39, 0.29) is 11.3 Å². The molecule has 1 atom stereocenters. The van der Waals surface area contributed by atoms with Crippen molar-refractivity contribution in [3.05, 3.63) is 33.9 Å². The molecule has 0 bridgehead atoms. The number of nitrogens with zero attached hydrogens (tertiary/aromatic N) is 1. The molecule has 7 nitrogen and oxygen atoms in total. The number of carboxylic acid groups (broad SMARTS) is 1. The first-order chi connectivity index (χ1) is 8.91. The van der Waals surface area contributed by atoms with Gasteiger partial charge in [0.15, 0.2) is 0 Å². The van der Waals surface area contributed by atoms with Crippen LogP contribution < -0.4 is 5.32 Å². The van der Waals surface area contributed by atoms with Crippen molar-refractivity contribution in [2.45, 2.75) is 25.9 Å². The van der Waals surface area contributed by atoms with Gasteiger partial charge in [0.25, 0.3) is 5.69 Å². The number of nitrogens with one attached hydrogen (secondary N) is 1. The first kappa shape index (κ1) is 14.9. The summed E-state index contributed by atoms with van der Waals surface area (Å²) < 4.78 is 0. The maximum Gasteiger partial charge on any atom is 0.338 e. The lowest BCUT2D eigenvalue weighted by molar-refractivity contribution is -0.384. The van der Waals surface area contributed by atoms with E-state index in [1.807, 2.05) is 0 Å². The first-order valence-corrected chi connectivity index (χ1v) is 5.85. The fraction of sp³-hybridized carbons (Fsp3) is 0.417. The molecule has 1 aromatic carbocycles. The molecule has 0 aromatic heterocycles. The Morgan fingerprint density at radius 3 is 2.74 bits per heavy atom. The molecule has 0 amide bonds. The third kappa shape index (κ3) is 4.55. The van der Waals surface area contributed by atoms with E-state index in [9.17, 15) is 14.9 Å². The highest BCUT2D eigenvalue weighted by Gasteiger charge is 2.15. The quantitative estimate of drug-likeness (QED) is 0.395. The van der Waals surface area contributed by atoms with Crippen molar-refractivity contribution < 1.29 is 19.9 Å². The summed E-state index contributed by atoms with van der Waals surface area (Å²) >= 11 is 0. The average Bonchev–Trinajstić information content (AvgIpc) is 2.34. The highest BCUT2D eigenvalue weighted by Crippen LogP contribution is 2.22. The minimum Gasteiger partial charge on any atom is -0.478 e. The van der Waals surface area contributed by atoms with Crippen molar-refractivity contribution in [2.75, 3.05) is 11.9 Å². The number of nitro groups is 1. The normalized spacial score (nSPS) is 11.9. The minimum absolute atomic E-state index is 0.133. The second-order valence-corrected chi connectivity index (χ2v) is 4.21. The standard InChI is InChI=1S/C12H16N2O5/c1-8(15)3-2-6-13-11-5-4-9(14(18)19)7-10(11)12(16)17/h4-5,7-8,13,15H,2-3,6H2,1H3,(H,16,17). The van der Waals surface area contributed by atoms with Gasteiger partial charge in [-0.25, -0.2) is 4.79 Å². The van der Waals surface area contributed by atoms with Crippen LogP contribution in [0, 0.1) is 10.1 Å². The fourth-order valence-electron chi connectivity index (χ4n) is 1.60. The number of nitro benzene ring substituents is 1. The Kier molecular flexibility index (Phi) is 5.25. The molecule has 104 valence electrons. The lowest BCUT2D eigenvalue weighted by atomic mass is 10.1. The molecule has 0 heterocycles. The van der Waals surface area contributed by atoms with Gasteiger partial charge in [0.05, 0.1) is 16.6 Å². The van der Waals surface area contributed by atoms with Crippen molar-refractivity contribution in [3.63, 3.8) is 0 Å². The molecule has 19 heavy (non-hydrogen) atoms. The van der Waals surface area contributed by atoms with Gasteiger partial charge in [-0.15, -0.1) is 0 Å². The number of hydrogen-bond donors (Lipinski definition) is 3. The highest BCUT2D eigenvalue weighted by molar-refractivity contribution is 5.95. The SMILES string of the molecule is CC(O)CCCNc1ccc([N+](=O)[O-])cc1C(=O)O. The molecule has 0 radical (unpaired) electrons. The Bertz CT molecular complexity index is 473. The van der Waals surface area contributed by atoms with E-state index >= 15 is 0 Å². The van der Waals surface area contributed by atoms with E-state index in [4.69, 9.17) is 10.2 Å². The van der Waals surface area contributed by atoms with E-state index in [0.29, 0.717) is 25.1 Å². The zero-order valence-corrected chi connectivity index (χ0v) is 10.5. The van der Waals surface area contributed by atoms with Crippen LogP contribution in [0.5, 0.6) is 0 Å². The largest absolute Gasteiger partial charge is 0.478 e. The third-order valence-electron chi connectivity index (χ3n) is 2.56. The lowest BCUT2D eigenvalue weighted by Crippen LogP contribution is -2.10. The molecular weight excluding hydrogens is 252 g/mol. The molecule has 1 rings (SSSR count). The van der Waals surface area contributed by atoms with Crippen LogP contribution in [-0.2, 0) is 0 Å². The topological polar surface area (TPSA) is 113 Å². The Hall–Kier alpha value is -2.15. The predicted molar refractivity (Wildman–Crippen MR) is 69.5 cm³/mol. The monoisotopic (exact) mass is 268 g/mol. The number of hydrogen-bond acceptors (Lipinski definition) is 5.